The van der Waals surface area contributed by atoms with Crippen LogP contribution in [0.4, 0.5) is 5.69 Å². The molecule has 0 radical (unpaired) electrons. The number of methoxy groups -OCH3 is 2. The number of fused-ring (bicyclic) bond motifs is 2. The van der Waals surface area contributed by atoms with Gasteiger partial charge in [0, 0.05) is 6.54 Å². The maximum Gasteiger partial charge on any atom is 0.256 e. The van der Waals surface area contributed by atoms with E-state index in [1.54, 1.807) is 19.1 Å². The van der Waals surface area contributed by atoms with Gasteiger partial charge in [0.05, 0.1) is 31.5 Å². The standard InChI is InChI=1S/C27H26N2O4/c1-32-20-13-9-18(10-14-20)25(19-11-15-21(33-2)16-12-19)29-23-7-4-3-6-22(23)26(30)28-17-5-8-24(28)27(29)31/h3-4,6-7,9-16,24-25H,5,8,17H2,1-2H3/t24-/m0/s1. The quantitative estimate of drug-likeness (QED) is 0.586. The molecule has 6 nitrogen and oxygen atoms in total. The smallest absolute Gasteiger partial charge is 0.256 e. The van der Waals surface area contributed by atoms with Crippen LogP contribution in [0.1, 0.15) is 40.4 Å². The summed E-state index contributed by atoms with van der Waals surface area (Å²) >= 11 is 0. The van der Waals surface area contributed by atoms with E-state index in [-0.39, 0.29) is 11.8 Å². The van der Waals surface area contributed by atoms with Crippen LogP contribution < -0.4 is 14.4 Å². The number of carbonyl (C=O) groups excluding carboxylic acids is 2. The van der Waals surface area contributed by atoms with E-state index in [1.165, 1.54) is 0 Å². The molecule has 6 heteroatoms. The third-order valence-corrected chi connectivity index (χ3v) is 6.55. The van der Waals surface area contributed by atoms with Gasteiger partial charge in [-0.2, -0.15) is 0 Å². The van der Waals surface area contributed by atoms with Gasteiger partial charge in [0.1, 0.15) is 17.5 Å². The van der Waals surface area contributed by atoms with Crippen molar-refractivity contribution in [2.45, 2.75) is 24.9 Å². The monoisotopic (exact) mass is 442 g/mol. The second-order valence-electron chi connectivity index (χ2n) is 8.33. The lowest BCUT2D eigenvalue weighted by Crippen LogP contribution is -2.46. The summed E-state index contributed by atoms with van der Waals surface area (Å²) in [6.07, 6.45) is 1.50. The average molecular weight is 443 g/mol. The van der Waals surface area contributed by atoms with Gasteiger partial charge >= 0.3 is 0 Å². The van der Waals surface area contributed by atoms with Crippen LogP contribution in [0.3, 0.4) is 0 Å². The van der Waals surface area contributed by atoms with Gasteiger partial charge in [0.25, 0.3) is 11.8 Å². The van der Waals surface area contributed by atoms with Gasteiger partial charge in [-0.05, 0) is 60.4 Å². The first-order valence-electron chi connectivity index (χ1n) is 11.1. The lowest BCUT2D eigenvalue weighted by atomic mass is 9.94. The zero-order chi connectivity index (χ0) is 22.9. The van der Waals surface area contributed by atoms with E-state index >= 15 is 0 Å². The molecule has 0 N–H and O–H groups in total. The van der Waals surface area contributed by atoms with Gasteiger partial charge in [0.15, 0.2) is 0 Å². The Morgan fingerprint density at radius 2 is 1.39 bits per heavy atom. The molecule has 2 amide bonds. The fraction of sp³-hybridized carbons (Fsp3) is 0.259. The molecule has 168 valence electrons. The van der Waals surface area contributed by atoms with Crippen LogP contribution in [-0.4, -0.2) is 43.5 Å². The first-order valence-corrected chi connectivity index (χ1v) is 11.1. The molecule has 1 saturated heterocycles. The largest absolute Gasteiger partial charge is 0.497 e. The van der Waals surface area contributed by atoms with Crippen molar-refractivity contribution in [1.82, 2.24) is 4.90 Å². The second-order valence-corrected chi connectivity index (χ2v) is 8.33. The highest BCUT2D eigenvalue weighted by molar-refractivity contribution is 6.11. The minimum atomic E-state index is -0.455. The number of amides is 2. The number of hydrogen-bond acceptors (Lipinski definition) is 4. The molecule has 1 fully saturated rings. The van der Waals surface area contributed by atoms with Crippen LogP contribution >= 0.6 is 0 Å². The lowest BCUT2D eigenvalue weighted by molar-refractivity contribution is -0.122. The Labute approximate surface area is 193 Å². The molecule has 2 aliphatic heterocycles. The van der Waals surface area contributed by atoms with E-state index in [9.17, 15) is 9.59 Å². The van der Waals surface area contributed by atoms with Crippen LogP contribution in [0.25, 0.3) is 0 Å². The molecule has 0 aliphatic carbocycles. The van der Waals surface area contributed by atoms with Gasteiger partial charge in [-0.15, -0.1) is 0 Å². The van der Waals surface area contributed by atoms with Gasteiger partial charge in [0.2, 0.25) is 0 Å². The van der Waals surface area contributed by atoms with Crippen molar-refractivity contribution in [1.29, 1.82) is 0 Å². The summed E-state index contributed by atoms with van der Waals surface area (Å²) in [6, 6.07) is 22.0. The van der Waals surface area contributed by atoms with Crippen LogP contribution in [0.2, 0.25) is 0 Å². The molecular weight excluding hydrogens is 416 g/mol. The van der Waals surface area contributed by atoms with E-state index in [2.05, 4.69) is 0 Å². The predicted molar refractivity (Wildman–Crippen MR) is 126 cm³/mol. The van der Waals surface area contributed by atoms with Crippen molar-refractivity contribution in [2.24, 2.45) is 0 Å². The number of ether oxygens (including phenoxy) is 2. The minimum Gasteiger partial charge on any atom is -0.497 e. The Morgan fingerprint density at radius 3 is 1.97 bits per heavy atom. The SMILES string of the molecule is COc1ccc(C(c2ccc(OC)cc2)N2C(=O)[C@@H]3CCCN3C(=O)c3ccccc32)cc1. The van der Waals surface area contributed by atoms with Crippen molar-refractivity contribution in [3.63, 3.8) is 0 Å². The number of rotatable bonds is 5. The molecule has 1 atom stereocenters. The van der Waals surface area contributed by atoms with Crippen LogP contribution in [-0.2, 0) is 4.79 Å². The molecule has 2 aliphatic rings. The number of hydrogen-bond donors (Lipinski definition) is 0. The maximum atomic E-state index is 14.1. The summed E-state index contributed by atoms with van der Waals surface area (Å²) < 4.78 is 10.7. The third-order valence-electron chi connectivity index (χ3n) is 6.55. The molecule has 3 aromatic rings. The van der Waals surface area contributed by atoms with Crippen LogP contribution in [0.15, 0.2) is 72.8 Å². The highest BCUT2D eigenvalue weighted by atomic mass is 16.5. The molecule has 0 saturated carbocycles. The van der Waals surface area contributed by atoms with E-state index in [0.717, 1.165) is 29.0 Å². The molecule has 33 heavy (non-hydrogen) atoms. The highest BCUT2D eigenvalue weighted by Crippen LogP contribution is 2.40. The fourth-order valence-corrected chi connectivity index (χ4v) is 4.89. The third kappa shape index (κ3) is 3.61. The lowest BCUT2D eigenvalue weighted by Gasteiger charge is -2.34. The first kappa shape index (κ1) is 21.1. The summed E-state index contributed by atoms with van der Waals surface area (Å²) in [7, 11) is 3.26. The number of carbonyl (C=O) groups is 2. The normalized spacial score (nSPS) is 17.6. The molecule has 3 aromatic carbocycles. The fourth-order valence-electron chi connectivity index (χ4n) is 4.89. The molecule has 5 rings (SSSR count). The Kier molecular flexibility index (Phi) is 5.50. The van der Waals surface area contributed by atoms with Gasteiger partial charge < -0.3 is 14.4 Å². The molecule has 0 bridgehead atoms. The van der Waals surface area contributed by atoms with Crippen molar-refractivity contribution in [3.8, 4) is 11.5 Å². The number of anilines is 1. The molecule has 2 heterocycles. The zero-order valence-corrected chi connectivity index (χ0v) is 18.7. The summed E-state index contributed by atoms with van der Waals surface area (Å²) in [4.78, 5) is 31.0. The summed E-state index contributed by atoms with van der Waals surface area (Å²) in [5.41, 5.74) is 3.06. The van der Waals surface area contributed by atoms with Gasteiger partial charge in [-0.25, -0.2) is 0 Å². The zero-order valence-electron chi connectivity index (χ0n) is 18.7. The molecule has 0 aromatic heterocycles. The van der Waals surface area contributed by atoms with Crippen LogP contribution in [0, 0.1) is 0 Å². The van der Waals surface area contributed by atoms with Crippen molar-refractivity contribution in [2.75, 3.05) is 25.7 Å². The number of nitrogens with zero attached hydrogens (tertiary/aromatic N) is 2. The predicted octanol–water partition coefficient (Wildman–Crippen LogP) is 4.44. The first-order chi connectivity index (χ1) is 16.1. The number of benzene rings is 3. The highest BCUT2D eigenvalue weighted by Gasteiger charge is 2.44. The van der Waals surface area contributed by atoms with Gasteiger partial charge in [-0.3, -0.25) is 14.5 Å². The van der Waals surface area contributed by atoms with Crippen molar-refractivity contribution < 1.29 is 19.1 Å². The van der Waals surface area contributed by atoms with Crippen LogP contribution in [0.5, 0.6) is 11.5 Å². The summed E-state index contributed by atoms with van der Waals surface area (Å²) in [5, 5.41) is 0. The molecule has 0 spiro atoms. The van der Waals surface area contributed by atoms with Gasteiger partial charge in [-0.1, -0.05) is 36.4 Å². The topological polar surface area (TPSA) is 59.1 Å². The second kappa shape index (κ2) is 8.62. The minimum absolute atomic E-state index is 0.0533. The van der Waals surface area contributed by atoms with E-state index < -0.39 is 12.1 Å². The van der Waals surface area contributed by atoms with E-state index in [0.29, 0.717) is 24.2 Å². The Balaban J connectivity index is 1.71. The van der Waals surface area contributed by atoms with Crippen molar-refractivity contribution in [3.05, 3.63) is 89.5 Å². The van der Waals surface area contributed by atoms with E-state index in [4.69, 9.17) is 9.47 Å². The Bertz CT molecular complexity index is 1130. The Hall–Kier alpha value is -3.80. The molecular formula is C27H26N2O4. The number of para-hydroxylation sites is 1. The molecule has 0 unspecified atom stereocenters. The van der Waals surface area contributed by atoms with Crippen molar-refractivity contribution >= 4 is 17.5 Å². The summed E-state index contributed by atoms with van der Waals surface area (Å²) in [5.74, 6) is 1.36. The summed E-state index contributed by atoms with van der Waals surface area (Å²) in [6.45, 7) is 0.604. The maximum absolute atomic E-state index is 14.1. The Morgan fingerprint density at radius 1 is 0.818 bits per heavy atom. The van der Waals surface area contributed by atoms with E-state index in [1.807, 2.05) is 77.7 Å². The average Bonchev–Trinajstić information content (AvgIpc) is 3.34.